The Morgan fingerprint density at radius 3 is 1.70 bits per heavy atom. The molecule has 0 saturated carbocycles. The normalized spacial score (nSPS) is 15.7. The van der Waals surface area contributed by atoms with Gasteiger partial charge in [0.25, 0.3) is 0 Å². The summed E-state index contributed by atoms with van der Waals surface area (Å²) < 4.78 is 0. The monoisotopic (exact) mass is 584 g/mol. The molecule has 11 rings (SSSR count). The molecule has 46 heavy (non-hydrogen) atoms. The lowest BCUT2D eigenvalue weighted by molar-refractivity contribution is 0.604. The van der Waals surface area contributed by atoms with E-state index in [0.717, 1.165) is 0 Å². The van der Waals surface area contributed by atoms with Gasteiger partial charge in [0.1, 0.15) is 0 Å². The molecule has 0 radical (unpaired) electrons. The van der Waals surface area contributed by atoms with Crippen molar-refractivity contribution < 1.29 is 0 Å². The topological polar surface area (TPSA) is 0 Å². The Morgan fingerprint density at radius 1 is 0.348 bits per heavy atom. The highest BCUT2D eigenvalue weighted by Gasteiger charge is 2.47. The second-order valence-corrected chi connectivity index (χ2v) is 14.9. The number of benzene rings is 9. The average molecular weight is 585 g/mol. The minimum Gasteiger partial charge on any atom is -0.0616 e. The molecule has 0 heteroatoms. The molecular weight excluding hydrogens is 553 g/mol. The lowest BCUT2D eigenvalue weighted by Crippen LogP contribution is -2.24. The van der Waals surface area contributed by atoms with Gasteiger partial charge < -0.3 is 0 Å². The third-order valence-electron chi connectivity index (χ3n) is 11.8. The van der Waals surface area contributed by atoms with E-state index in [1.54, 1.807) is 0 Å². The maximum absolute atomic E-state index is 2.52. The maximum Gasteiger partial charge on any atom is 0.0168 e. The van der Waals surface area contributed by atoms with Gasteiger partial charge in [0, 0.05) is 10.8 Å². The summed E-state index contributed by atoms with van der Waals surface area (Å²) in [4.78, 5) is 0. The smallest absolute Gasteiger partial charge is 0.0168 e. The van der Waals surface area contributed by atoms with Crippen molar-refractivity contribution in [1.82, 2.24) is 0 Å². The van der Waals surface area contributed by atoms with Gasteiger partial charge in [-0.05, 0) is 127 Å². The van der Waals surface area contributed by atoms with E-state index in [4.69, 9.17) is 0 Å². The lowest BCUT2D eigenvalue weighted by atomic mass is 9.71. The van der Waals surface area contributed by atoms with E-state index >= 15 is 0 Å². The largest absolute Gasteiger partial charge is 0.0616 e. The molecule has 0 bridgehead atoms. The van der Waals surface area contributed by atoms with Crippen LogP contribution < -0.4 is 0 Å². The van der Waals surface area contributed by atoms with Crippen molar-refractivity contribution in [2.75, 3.05) is 0 Å². The maximum atomic E-state index is 2.52. The van der Waals surface area contributed by atoms with E-state index in [1.165, 1.54) is 109 Å². The molecule has 0 N–H and O–H groups in total. The zero-order valence-corrected chi connectivity index (χ0v) is 26.5. The van der Waals surface area contributed by atoms with Crippen molar-refractivity contribution in [1.29, 1.82) is 0 Å². The Balaban J connectivity index is 1.29. The molecule has 0 spiro atoms. The van der Waals surface area contributed by atoms with Crippen LogP contribution in [0.4, 0.5) is 0 Å². The second kappa shape index (κ2) is 7.95. The minimum absolute atomic E-state index is 0.141. The quantitative estimate of drug-likeness (QED) is 0.123. The minimum atomic E-state index is -0.174. The fourth-order valence-electron chi connectivity index (χ4n) is 9.98. The first kappa shape index (κ1) is 25.0. The molecule has 9 aromatic carbocycles. The number of hydrogen-bond acceptors (Lipinski definition) is 0. The highest BCUT2D eigenvalue weighted by Crippen LogP contribution is 2.62. The summed E-state index contributed by atoms with van der Waals surface area (Å²) in [7, 11) is 0. The van der Waals surface area contributed by atoms with Gasteiger partial charge in [-0.15, -0.1) is 0 Å². The van der Waals surface area contributed by atoms with E-state index in [2.05, 4.69) is 149 Å². The van der Waals surface area contributed by atoms with Crippen LogP contribution in [0.2, 0.25) is 0 Å². The van der Waals surface area contributed by atoms with Gasteiger partial charge in [-0.25, -0.2) is 0 Å². The van der Waals surface area contributed by atoms with Gasteiger partial charge in [0.05, 0.1) is 0 Å². The van der Waals surface area contributed by atoms with Gasteiger partial charge >= 0.3 is 0 Å². The van der Waals surface area contributed by atoms with E-state index < -0.39 is 0 Å². The van der Waals surface area contributed by atoms with Crippen LogP contribution in [0, 0.1) is 0 Å². The van der Waals surface area contributed by atoms with Crippen LogP contribution in [0.5, 0.6) is 0 Å². The number of fused-ring (bicyclic) bond motifs is 14. The average Bonchev–Trinajstić information content (AvgIpc) is 3.46. The van der Waals surface area contributed by atoms with Crippen molar-refractivity contribution in [3.63, 3.8) is 0 Å². The fraction of sp³-hybridized carbons (Fsp3) is 0.130. The van der Waals surface area contributed by atoms with Crippen molar-refractivity contribution in [2.45, 2.75) is 38.5 Å². The number of rotatable bonds is 0. The van der Waals surface area contributed by atoms with Crippen LogP contribution in [0.3, 0.4) is 0 Å². The second-order valence-electron chi connectivity index (χ2n) is 14.9. The van der Waals surface area contributed by atoms with Gasteiger partial charge in [-0.3, -0.25) is 0 Å². The SMILES string of the molecule is CC1(C)c2cc3ccc4cccc5ccc(c2-c2ccc6c(c21)C(C)(C)c1c-6c2ccccc2c2cc6ccccc6cc12)c3c45. The van der Waals surface area contributed by atoms with Crippen molar-refractivity contribution >= 4 is 64.6 Å². The highest BCUT2D eigenvalue weighted by atomic mass is 14.5. The Morgan fingerprint density at radius 2 is 0.935 bits per heavy atom. The summed E-state index contributed by atoms with van der Waals surface area (Å²) in [6, 6.07) is 46.4. The molecule has 0 heterocycles. The van der Waals surface area contributed by atoms with E-state index in [-0.39, 0.29) is 10.8 Å². The molecule has 0 saturated heterocycles. The lowest BCUT2D eigenvalue weighted by Gasteiger charge is -2.31. The molecule has 0 fully saturated rings. The zero-order chi connectivity index (χ0) is 30.7. The zero-order valence-electron chi connectivity index (χ0n) is 26.5. The first-order chi connectivity index (χ1) is 22.3. The number of hydrogen-bond donors (Lipinski definition) is 0. The molecule has 216 valence electrons. The Hall–Kier alpha value is -5.20. The molecule has 2 aliphatic rings. The van der Waals surface area contributed by atoms with Gasteiger partial charge in [-0.2, -0.15) is 0 Å². The molecule has 9 aromatic rings. The van der Waals surface area contributed by atoms with Crippen LogP contribution in [0.15, 0.2) is 121 Å². The first-order valence-electron chi connectivity index (χ1n) is 16.6. The van der Waals surface area contributed by atoms with Crippen LogP contribution >= 0.6 is 0 Å². The third-order valence-corrected chi connectivity index (χ3v) is 11.8. The Kier molecular flexibility index (Phi) is 4.33. The Labute approximate surface area is 268 Å². The van der Waals surface area contributed by atoms with Crippen LogP contribution in [0.1, 0.15) is 49.9 Å². The summed E-state index contributed by atoms with van der Waals surface area (Å²) in [6.07, 6.45) is 0. The predicted molar refractivity (Wildman–Crippen MR) is 198 cm³/mol. The summed E-state index contributed by atoms with van der Waals surface area (Å²) in [5.74, 6) is 0. The molecule has 0 nitrogen and oxygen atoms in total. The Bertz CT molecular complexity index is 2830. The summed E-state index contributed by atoms with van der Waals surface area (Å²) in [5.41, 5.74) is 11.3. The summed E-state index contributed by atoms with van der Waals surface area (Å²) in [5, 5.41) is 16.2. The van der Waals surface area contributed by atoms with E-state index in [1.807, 2.05) is 0 Å². The fourth-order valence-corrected chi connectivity index (χ4v) is 9.98. The standard InChI is InChI=1S/C46H32/c1-45(2)37-24-29-17-16-25-12-9-13-26-18-19-32(39(29)38(25)26)40(37)33-20-21-34-41-31-15-8-7-14-30(31)35-22-27-10-5-6-11-28(27)23-36(35)42(41)46(3,4)44(34)43(33)45/h5-24H,1-4H3. The molecule has 0 aliphatic heterocycles. The molecule has 0 unspecified atom stereocenters. The van der Waals surface area contributed by atoms with Crippen LogP contribution in [-0.4, -0.2) is 0 Å². The molecule has 0 amide bonds. The van der Waals surface area contributed by atoms with Gasteiger partial charge in [0.2, 0.25) is 0 Å². The van der Waals surface area contributed by atoms with Gasteiger partial charge in [0.15, 0.2) is 0 Å². The van der Waals surface area contributed by atoms with Crippen LogP contribution in [-0.2, 0) is 10.8 Å². The molecular formula is C46H32. The summed E-state index contributed by atoms with van der Waals surface area (Å²) in [6.45, 7) is 9.91. The highest BCUT2D eigenvalue weighted by molar-refractivity contribution is 6.27. The van der Waals surface area contributed by atoms with Crippen molar-refractivity contribution in [3.05, 3.63) is 144 Å². The van der Waals surface area contributed by atoms with E-state index in [9.17, 15) is 0 Å². The third kappa shape index (κ3) is 2.76. The van der Waals surface area contributed by atoms with E-state index in [0.29, 0.717) is 0 Å². The first-order valence-corrected chi connectivity index (χ1v) is 16.6. The predicted octanol–water partition coefficient (Wildman–Crippen LogP) is 12.7. The van der Waals surface area contributed by atoms with Gasteiger partial charge in [-0.1, -0.05) is 131 Å². The van der Waals surface area contributed by atoms with Crippen molar-refractivity contribution in [3.8, 4) is 22.3 Å². The van der Waals surface area contributed by atoms with Crippen LogP contribution in [0.25, 0.3) is 86.9 Å². The summed E-state index contributed by atoms with van der Waals surface area (Å²) >= 11 is 0. The molecule has 0 atom stereocenters. The van der Waals surface area contributed by atoms with Crippen molar-refractivity contribution in [2.24, 2.45) is 0 Å². The molecule has 0 aromatic heterocycles. The molecule has 2 aliphatic carbocycles.